The van der Waals surface area contributed by atoms with Gasteiger partial charge in [0.05, 0.1) is 21.4 Å². The third-order valence-corrected chi connectivity index (χ3v) is 2.95. The minimum absolute atomic E-state index is 0.0511. The van der Waals surface area contributed by atoms with Gasteiger partial charge < -0.3 is 15.4 Å². The Morgan fingerprint density at radius 1 is 1.28 bits per heavy atom. The van der Waals surface area contributed by atoms with Crippen LogP contribution in [-0.4, -0.2) is 18.6 Å². The van der Waals surface area contributed by atoms with Gasteiger partial charge >= 0.3 is 12.0 Å². The van der Waals surface area contributed by atoms with E-state index in [0.29, 0.717) is 16.4 Å². The highest BCUT2D eigenvalue weighted by molar-refractivity contribution is 6.43. The van der Waals surface area contributed by atoms with Crippen LogP contribution < -0.4 is 10.6 Å². The van der Waals surface area contributed by atoms with Crippen LogP contribution in [0, 0.1) is 0 Å². The Balaban J connectivity index is 2.01. The number of cyclic esters (lactones) is 1. The molecule has 2 amide bonds. The molecule has 94 valence electrons. The number of carbonyl (C=O) groups excluding carboxylic acids is 2. The van der Waals surface area contributed by atoms with Gasteiger partial charge in [-0.15, -0.1) is 0 Å². The first-order valence-corrected chi connectivity index (χ1v) is 5.71. The van der Waals surface area contributed by atoms with Crippen molar-refractivity contribution in [2.45, 2.75) is 0 Å². The van der Waals surface area contributed by atoms with Crippen molar-refractivity contribution < 1.29 is 14.3 Å². The monoisotopic (exact) mass is 286 g/mol. The molecule has 0 aromatic heterocycles. The number of ether oxygens (including phenoxy) is 1. The third kappa shape index (κ3) is 2.94. The number of hydrogen-bond donors (Lipinski definition) is 2. The average Bonchev–Trinajstić information content (AvgIpc) is 2.70. The summed E-state index contributed by atoms with van der Waals surface area (Å²) < 4.78 is 4.64. The number of urea groups is 1. The van der Waals surface area contributed by atoms with Crippen LogP contribution in [0.3, 0.4) is 0 Å². The van der Waals surface area contributed by atoms with Crippen LogP contribution in [-0.2, 0) is 9.53 Å². The van der Waals surface area contributed by atoms with Crippen LogP contribution >= 0.6 is 23.2 Å². The summed E-state index contributed by atoms with van der Waals surface area (Å²) in [5.41, 5.74) is 0.767. The van der Waals surface area contributed by atoms with Crippen LogP contribution in [0.15, 0.2) is 30.0 Å². The number of halogens is 2. The molecule has 1 aliphatic heterocycles. The second-order valence-corrected chi connectivity index (χ2v) is 4.24. The molecule has 0 saturated carbocycles. The Morgan fingerprint density at radius 3 is 2.72 bits per heavy atom. The van der Waals surface area contributed by atoms with Gasteiger partial charge in [-0.2, -0.15) is 0 Å². The predicted molar refractivity (Wildman–Crippen MR) is 67.7 cm³/mol. The summed E-state index contributed by atoms with van der Waals surface area (Å²) in [6.45, 7) is 0.0511. The highest BCUT2D eigenvalue weighted by Gasteiger charge is 2.15. The predicted octanol–water partition coefficient (Wildman–Crippen LogP) is 2.56. The lowest BCUT2D eigenvalue weighted by Crippen LogP contribution is -2.28. The van der Waals surface area contributed by atoms with Crippen LogP contribution in [0.25, 0.3) is 0 Å². The minimum Gasteiger partial charge on any atom is -0.456 e. The maximum absolute atomic E-state index is 11.6. The molecule has 0 bridgehead atoms. The molecule has 1 aromatic rings. The maximum Gasteiger partial charge on any atom is 0.333 e. The van der Waals surface area contributed by atoms with Crippen molar-refractivity contribution >= 4 is 40.9 Å². The van der Waals surface area contributed by atoms with E-state index in [1.807, 2.05) is 0 Å². The van der Waals surface area contributed by atoms with Gasteiger partial charge in [-0.1, -0.05) is 29.3 Å². The summed E-state index contributed by atoms with van der Waals surface area (Å²) in [5.74, 6) is -0.480. The van der Waals surface area contributed by atoms with Gasteiger partial charge in [-0.25, -0.2) is 9.59 Å². The first kappa shape index (κ1) is 12.7. The number of amides is 2. The van der Waals surface area contributed by atoms with Crippen LogP contribution in [0.2, 0.25) is 10.0 Å². The fraction of sp³-hybridized carbons (Fsp3) is 0.0909. The Morgan fingerprint density at radius 2 is 2.06 bits per heavy atom. The molecule has 0 unspecified atom stereocenters. The molecule has 0 spiro atoms. The summed E-state index contributed by atoms with van der Waals surface area (Å²) in [4.78, 5) is 22.4. The fourth-order valence-corrected chi connectivity index (χ4v) is 1.69. The van der Waals surface area contributed by atoms with Gasteiger partial charge in [-0.05, 0) is 12.1 Å². The second-order valence-electron chi connectivity index (χ2n) is 3.46. The van der Waals surface area contributed by atoms with Gasteiger partial charge in [0.1, 0.15) is 6.61 Å². The van der Waals surface area contributed by atoms with Crippen LogP contribution in [0.5, 0.6) is 0 Å². The molecule has 0 aliphatic carbocycles. The summed E-state index contributed by atoms with van der Waals surface area (Å²) in [5, 5.41) is 5.58. The lowest BCUT2D eigenvalue weighted by atomic mass is 10.3. The van der Waals surface area contributed by atoms with Crippen molar-refractivity contribution in [1.29, 1.82) is 0 Å². The average molecular weight is 287 g/mol. The van der Waals surface area contributed by atoms with Crippen molar-refractivity contribution in [3.8, 4) is 0 Å². The number of hydrogen-bond acceptors (Lipinski definition) is 3. The van der Waals surface area contributed by atoms with E-state index >= 15 is 0 Å². The Labute approximate surface area is 113 Å². The zero-order chi connectivity index (χ0) is 13.1. The van der Waals surface area contributed by atoms with Gasteiger partial charge in [0.2, 0.25) is 0 Å². The van der Waals surface area contributed by atoms with E-state index in [0.717, 1.165) is 0 Å². The minimum atomic E-state index is -0.524. The molecule has 0 atom stereocenters. The highest BCUT2D eigenvalue weighted by atomic mass is 35.5. The molecule has 1 aliphatic rings. The normalized spacial score (nSPS) is 13.9. The molecule has 1 aromatic carbocycles. The van der Waals surface area contributed by atoms with E-state index < -0.39 is 12.0 Å². The van der Waals surface area contributed by atoms with Crippen LogP contribution in [0.4, 0.5) is 10.5 Å². The molecule has 2 N–H and O–H groups in total. The molecule has 0 fully saturated rings. The van der Waals surface area contributed by atoms with E-state index in [2.05, 4.69) is 15.4 Å². The second kappa shape index (κ2) is 5.29. The fourth-order valence-electron chi connectivity index (χ4n) is 1.35. The standard InChI is InChI=1S/C11H8Cl2N2O3/c12-7-2-1-3-8(10(7)13)15-11(17)14-6-4-9(16)18-5-6/h1-4H,5H2,(H2,14,15,17). The summed E-state index contributed by atoms with van der Waals surface area (Å²) in [6.07, 6.45) is 1.21. The zero-order valence-corrected chi connectivity index (χ0v) is 10.5. The zero-order valence-electron chi connectivity index (χ0n) is 9.00. The van der Waals surface area contributed by atoms with Gasteiger partial charge in [0, 0.05) is 6.08 Å². The largest absolute Gasteiger partial charge is 0.456 e. The summed E-state index contributed by atoms with van der Waals surface area (Å²) in [7, 11) is 0. The first-order chi connectivity index (χ1) is 8.56. The Kier molecular flexibility index (Phi) is 3.74. The Bertz CT molecular complexity index is 543. The van der Waals surface area contributed by atoms with Crippen molar-refractivity contribution in [1.82, 2.24) is 5.32 Å². The molecule has 1 heterocycles. The summed E-state index contributed by atoms with van der Waals surface area (Å²) in [6, 6.07) is 4.35. The van der Waals surface area contributed by atoms with Crippen molar-refractivity contribution in [2.24, 2.45) is 0 Å². The molecular formula is C11H8Cl2N2O3. The number of rotatable bonds is 2. The highest BCUT2D eigenvalue weighted by Crippen LogP contribution is 2.29. The lowest BCUT2D eigenvalue weighted by molar-refractivity contribution is -0.134. The van der Waals surface area contributed by atoms with Gasteiger partial charge in [0.15, 0.2) is 0 Å². The first-order valence-electron chi connectivity index (χ1n) is 4.95. The maximum atomic E-state index is 11.6. The SMILES string of the molecule is O=C(NC1=CC(=O)OC1)Nc1cccc(Cl)c1Cl. The molecule has 7 heteroatoms. The van der Waals surface area contributed by atoms with Gasteiger partial charge in [0.25, 0.3) is 0 Å². The molecule has 18 heavy (non-hydrogen) atoms. The number of esters is 1. The Hall–Kier alpha value is -1.72. The van der Waals surface area contributed by atoms with E-state index in [9.17, 15) is 9.59 Å². The van der Waals surface area contributed by atoms with Gasteiger partial charge in [-0.3, -0.25) is 0 Å². The van der Waals surface area contributed by atoms with E-state index in [1.54, 1.807) is 18.2 Å². The number of benzene rings is 1. The number of anilines is 1. The number of carbonyl (C=O) groups is 2. The molecule has 0 saturated heterocycles. The molecular weight excluding hydrogens is 279 g/mol. The quantitative estimate of drug-likeness (QED) is 0.821. The summed E-state index contributed by atoms with van der Waals surface area (Å²) >= 11 is 11.7. The molecule has 0 radical (unpaired) electrons. The molecule has 5 nitrogen and oxygen atoms in total. The van der Waals surface area contributed by atoms with E-state index in [1.165, 1.54) is 6.08 Å². The molecule has 2 rings (SSSR count). The van der Waals surface area contributed by atoms with E-state index in [-0.39, 0.29) is 11.6 Å². The van der Waals surface area contributed by atoms with E-state index in [4.69, 9.17) is 23.2 Å². The van der Waals surface area contributed by atoms with Crippen molar-refractivity contribution in [2.75, 3.05) is 11.9 Å². The number of nitrogens with one attached hydrogen (secondary N) is 2. The van der Waals surface area contributed by atoms with Crippen LogP contribution in [0.1, 0.15) is 0 Å². The van der Waals surface area contributed by atoms with Crippen molar-refractivity contribution in [3.05, 3.63) is 40.0 Å². The smallest absolute Gasteiger partial charge is 0.333 e. The topological polar surface area (TPSA) is 67.4 Å². The van der Waals surface area contributed by atoms with Crippen molar-refractivity contribution in [3.63, 3.8) is 0 Å². The third-order valence-electron chi connectivity index (χ3n) is 2.14. The lowest BCUT2D eigenvalue weighted by Gasteiger charge is -2.09.